The third-order valence-electron chi connectivity index (χ3n) is 3.78. The van der Waals surface area contributed by atoms with Crippen LogP contribution in [0.15, 0.2) is 42.7 Å². The summed E-state index contributed by atoms with van der Waals surface area (Å²) < 4.78 is 0. The number of piperazine rings is 1. The van der Waals surface area contributed by atoms with Crippen LogP contribution in [0, 0.1) is 0 Å². The first-order valence-corrected chi connectivity index (χ1v) is 7.28. The van der Waals surface area contributed by atoms with Crippen LogP contribution in [0.2, 0.25) is 0 Å². The van der Waals surface area contributed by atoms with E-state index in [2.05, 4.69) is 50.1 Å². The van der Waals surface area contributed by atoms with E-state index in [9.17, 15) is 0 Å². The molecule has 0 saturated carbocycles. The summed E-state index contributed by atoms with van der Waals surface area (Å²) in [6.45, 7) is 4.89. The molecule has 1 aromatic heterocycles. The van der Waals surface area contributed by atoms with Crippen LogP contribution >= 0.6 is 0 Å². The molecule has 0 radical (unpaired) electrons. The molecule has 110 valence electrons. The molecule has 0 aliphatic carbocycles. The predicted octanol–water partition coefficient (Wildman–Crippen LogP) is 1.29. The quantitative estimate of drug-likeness (QED) is 0.917. The monoisotopic (exact) mass is 284 g/mol. The minimum absolute atomic E-state index is 0.00880. The highest BCUT2D eigenvalue weighted by molar-refractivity contribution is 5.30. The van der Waals surface area contributed by atoms with Gasteiger partial charge >= 0.3 is 0 Å². The third-order valence-corrected chi connectivity index (χ3v) is 3.78. The van der Waals surface area contributed by atoms with E-state index in [4.69, 9.17) is 5.11 Å². The molecule has 1 aromatic carbocycles. The van der Waals surface area contributed by atoms with E-state index in [-0.39, 0.29) is 6.61 Å². The van der Waals surface area contributed by atoms with E-state index in [1.165, 1.54) is 5.56 Å². The minimum atomic E-state index is -0.00880. The number of hydrogen-bond acceptors (Lipinski definition) is 5. The summed E-state index contributed by atoms with van der Waals surface area (Å²) in [6, 6.07) is 10.6. The summed E-state index contributed by atoms with van der Waals surface area (Å²) in [5.41, 5.74) is 2.11. The second-order valence-corrected chi connectivity index (χ2v) is 5.30. The van der Waals surface area contributed by atoms with Gasteiger partial charge in [0.15, 0.2) is 0 Å². The average molecular weight is 284 g/mol. The molecule has 1 saturated heterocycles. The van der Waals surface area contributed by atoms with Crippen molar-refractivity contribution in [2.75, 3.05) is 31.1 Å². The van der Waals surface area contributed by atoms with E-state index in [1.54, 1.807) is 12.4 Å². The Kier molecular flexibility index (Phi) is 4.43. The zero-order valence-corrected chi connectivity index (χ0v) is 12.0. The van der Waals surface area contributed by atoms with Crippen LogP contribution in [0.25, 0.3) is 0 Å². The number of anilines is 1. The SMILES string of the molecule is OCc1cnc(N2CCN(Cc3ccccc3)CC2)nc1. The van der Waals surface area contributed by atoms with Gasteiger partial charge in [0.1, 0.15) is 0 Å². The van der Waals surface area contributed by atoms with Crippen LogP contribution < -0.4 is 4.90 Å². The first-order chi connectivity index (χ1) is 10.3. The van der Waals surface area contributed by atoms with E-state index < -0.39 is 0 Å². The fourth-order valence-electron chi connectivity index (χ4n) is 2.54. The molecule has 0 atom stereocenters. The molecule has 0 amide bonds. The van der Waals surface area contributed by atoms with Gasteiger partial charge in [-0.1, -0.05) is 30.3 Å². The highest BCUT2D eigenvalue weighted by Gasteiger charge is 2.18. The Labute approximate surface area is 124 Å². The highest BCUT2D eigenvalue weighted by atomic mass is 16.3. The van der Waals surface area contributed by atoms with E-state index >= 15 is 0 Å². The number of aromatic nitrogens is 2. The largest absolute Gasteiger partial charge is 0.392 e. The molecule has 1 fully saturated rings. The van der Waals surface area contributed by atoms with Gasteiger partial charge in [0, 0.05) is 50.7 Å². The van der Waals surface area contributed by atoms with E-state index in [0.717, 1.165) is 44.2 Å². The number of aliphatic hydroxyl groups is 1. The van der Waals surface area contributed by atoms with Crippen molar-refractivity contribution in [2.24, 2.45) is 0 Å². The lowest BCUT2D eigenvalue weighted by atomic mass is 10.2. The fraction of sp³-hybridized carbons (Fsp3) is 0.375. The predicted molar refractivity (Wildman–Crippen MR) is 81.9 cm³/mol. The van der Waals surface area contributed by atoms with Crippen molar-refractivity contribution in [1.82, 2.24) is 14.9 Å². The number of aliphatic hydroxyl groups excluding tert-OH is 1. The minimum Gasteiger partial charge on any atom is -0.392 e. The summed E-state index contributed by atoms with van der Waals surface area (Å²) in [5, 5.41) is 9.01. The molecule has 1 aliphatic rings. The standard InChI is InChI=1S/C16H20N4O/c21-13-15-10-17-16(18-11-15)20-8-6-19(7-9-20)12-14-4-2-1-3-5-14/h1-5,10-11,21H,6-9,12-13H2. The molecular formula is C16H20N4O. The van der Waals surface area contributed by atoms with Crippen molar-refractivity contribution in [3.63, 3.8) is 0 Å². The van der Waals surface area contributed by atoms with E-state index in [1.807, 2.05) is 0 Å². The topological polar surface area (TPSA) is 52.5 Å². The molecule has 0 unspecified atom stereocenters. The lowest BCUT2D eigenvalue weighted by Crippen LogP contribution is -2.46. The zero-order chi connectivity index (χ0) is 14.5. The smallest absolute Gasteiger partial charge is 0.225 e. The molecule has 5 nitrogen and oxygen atoms in total. The molecule has 21 heavy (non-hydrogen) atoms. The van der Waals surface area contributed by atoms with Gasteiger partial charge in [-0.15, -0.1) is 0 Å². The molecule has 1 aliphatic heterocycles. The van der Waals surface area contributed by atoms with Crippen molar-refractivity contribution in [3.8, 4) is 0 Å². The Balaban J connectivity index is 1.54. The number of nitrogens with zero attached hydrogens (tertiary/aromatic N) is 4. The van der Waals surface area contributed by atoms with Gasteiger partial charge < -0.3 is 10.0 Å². The van der Waals surface area contributed by atoms with Crippen LogP contribution in [0.3, 0.4) is 0 Å². The zero-order valence-electron chi connectivity index (χ0n) is 12.0. The maximum Gasteiger partial charge on any atom is 0.225 e. The van der Waals surface area contributed by atoms with Gasteiger partial charge in [-0.25, -0.2) is 9.97 Å². The Morgan fingerprint density at radius 2 is 1.57 bits per heavy atom. The van der Waals surface area contributed by atoms with Crippen molar-refractivity contribution >= 4 is 5.95 Å². The molecule has 3 rings (SSSR count). The Morgan fingerprint density at radius 1 is 0.905 bits per heavy atom. The lowest BCUT2D eigenvalue weighted by Gasteiger charge is -2.34. The second-order valence-electron chi connectivity index (χ2n) is 5.30. The number of benzene rings is 1. The molecule has 0 spiro atoms. The lowest BCUT2D eigenvalue weighted by molar-refractivity contribution is 0.248. The van der Waals surface area contributed by atoms with Gasteiger partial charge in [0.05, 0.1) is 6.61 Å². The van der Waals surface area contributed by atoms with Gasteiger partial charge in [-0.05, 0) is 5.56 Å². The van der Waals surface area contributed by atoms with Crippen molar-refractivity contribution in [1.29, 1.82) is 0 Å². The number of hydrogen-bond donors (Lipinski definition) is 1. The second kappa shape index (κ2) is 6.65. The summed E-state index contributed by atoms with van der Waals surface area (Å²) >= 11 is 0. The van der Waals surface area contributed by atoms with Crippen LogP contribution in [0.1, 0.15) is 11.1 Å². The molecule has 2 aromatic rings. The van der Waals surface area contributed by atoms with Crippen molar-refractivity contribution < 1.29 is 5.11 Å². The van der Waals surface area contributed by atoms with Crippen LogP contribution in [-0.2, 0) is 13.2 Å². The Hall–Kier alpha value is -1.98. The summed E-state index contributed by atoms with van der Waals surface area (Å²) in [4.78, 5) is 13.3. The highest BCUT2D eigenvalue weighted by Crippen LogP contribution is 2.13. The molecule has 5 heteroatoms. The van der Waals surface area contributed by atoms with Gasteiger partial charge in [-0.2, -0.15) is 0 Å². The first kappa shape index (κ1) is 14.0. The fourth-order valence-corrected chi connectivity index (χ4v) is 2.54. The Morgan fingerprint density at radius 3 is 2.19 bits per heavy atom. The number of rotatable bonds is 4. The summed E-state index contributed by atoms with van der Waals surface area (Å²) in [5.74, 6) is 0.756. The molecule has 2 heterocycles. The molecule has 1 N–H and O–H groups in total. The van der Waals surface area contributed by atoms with Crippen LogP contribution in [0.4, 0.5) is 5.95 Å². The van der Waals surface area contributed by atoms with Crippen molar-refractivity contribution in [3.05, 3.63) is 53.9 Å². The first-order valence-electron chi connectivity index (χ1n) is 7.28. The summed E-state index contributed by atoms with van der Waals surface area (Å²) in [6.07, 6.45) is 3.39. The third kappa shape index (κ3) is 3.56. The van der Waals surface area contributed by atoms with Gasteiger partial charge in [0.25, 0.3) is 0 Å². The maximum atomic E-state index is 9.01. The Bertz CT molecular complexity index is 550. The van der Waals surface area contributed by atoms with Gasteiger partial charge in [-0.3, -0.25) is 4.90 Å². The van der Waals surface area contributed by atoms with Crippen LogP contribution in [0.5, 0.6) is 0 Å². The van der Waals surface area contributed by atoms with E-state index in [0.29, 0.717) is 0 Å². The molecular weight excluding hydrogens is 264 g/mol. The average Bonchev–Trinajstić information content (AvgIpc) is 2.57. The summed E-state index contributed by atoms with van der Waals surface area (Å²) in [7, 11) is 0. The van der Waals surface area contributed by atoms with Gasteiger partial charge in [0.2, 0.25) is 5.95 Å². The molecule has 0 bridgehead atoms. The van der Waals surface area contributed by atoms with Crippen LogP contribution in [-0.4, -0.2) is 46.2 Å². The maximum absolute atomic E-state index is 9.01. The normalized spacial score (nSPS) is 16.1. The van der Waals surface area contributed by atoms with Crippen molar-refractivity contribution in [2.45, 2.75) is 13.2 Å².